The highest BCUT2D eigenvalue weighted by Gasteiger charge is 2.32. The average Bonchev–Trinajstić information content (AvgIpc) is 2.38. The fourth-order valence-electron chi connectivity index (χ4n) is 2.73. The van der Waals surface area contributed by atoms with E-state index >= 15 is 0 Å². The maximum Gasteiger partial charge on any atom is 0.320 e. The monoisotopic (exact) mass is 295 g/mol. The first kappa shape index (κ1) is 15.3. The molecule has 1 fully saturated rings. The molecular formula is C16H22ClNO2. The zero-order valence-electron chi connectivity index (χ0n) is 11.8. The maximum atomic E-state index is 11.2. The lowest BCUT2D eigenvalue weighted by Gasteiger charge is -2.38. The van der Waals surface area contributed by atoms with Gasteiger partial charge in [0.2, 0.25) is 0 Å². The first-order valence-electron chi connectivity index (χ1n) is 7.34. The van der Waals surface area contributed by atoms with Crippen LogP contribution in [0.15, 0.2) is 24.3 Å². The van der Waals surface area contributed by atoms with E-state index in [4.69, 9.17) is 11.6 Å². The minimum Gasteiger partial charge on any atom is -0.480 e. The van der Waals surface area contributed by atoms with Crippen LogP contribution in [-0.2, 0) is 4.79 Å². The van der Waals surface area contributed by atoms with Gasteiger partial charge in [0.05, 0.1) is 0 Å². The van der Waals surface area contributed by atoms with Crippen molar-refractivity contribution in [3.63, 3.8) is 0 Å². The van der Waals surface area contributed by atoms with Crippen LogP contribution in [0.4, 0.5) is 0 Å². The number of hydrogen-bond acceptors (Lipinski definition) is 2. The van der Waals surface area contributed by atoms with Crippen LogP contribution in [0.2, 0.25) is 5.02 Å². The van der Waals surface area contributed by atoms with E-state index in [0.717, 1.165) is 30.7 Å². The van der Waals surface area contributed by atoms with Crippen LogP contribution in [0.1, 0.15) is 50.5 Å². The normalized spacial score (nSPS) is 23.1. The number of carbonyl (C=O) groups is 1. The van der Waals surface area contributed by atoms with Gasteiger partial charge in [-0.25, -0.2) is 0 Å². The molecule has 0 radical (unpaired) electrons. The second kappa shape index (κ2) is 7.09. The Labute approximate surface area is 125 Å². The lowest BCUT2D eigenvalue weighted by molar-refractivity contribution is -0.140. The Morgan fingerprint density at radius 2 is 2.05 bits per heavy atom. The van der Waals surface area contributed by atoms with Gasteiger partial charge < -0.3 is 10.4 Å². The van der Waals surface area contributed by atoms with E-state index in [0.29, 0.717) is 18.4 Å². The van der Waals surface area contributed by atoms with E-state index < -0.39 is 12.0 Å². The van der Waals surface area contributed by atoms with E-state index in [9.17, 15) is 9.90 Å². The molecule has 1 unspecified atom stereocenters. The Kier molecular flexibility index (Phi) is 5.44. The quantitative estimate of drug-likeness (QED) is 0.804. The summed E-state index contributed by atoms with van der Waals surface area (Å²) in [7, 11) is 0. The van der Waals surface area contributed by atoms with E-state index in [1.165, 1.54) is 5.56 Å². The number of aliphatic carboxylic acids is 1. The Balaban J connectivity index is 1.80. The molecule has 0 bridgehead atoms. The van der Waals surface area contributed by atoms with Crippen LogP contribution in [-0.4, -0.2) is 23.2 Å². The molecule has 1 aromatic rings. The highest BCUT2D eigenvalue weighted by Crippen LogP contribution is 2.37. The minimum absolute atomic E-state index is 0.327. The highest BCUT2D eigenvalue weighted by atomic mass is 35.5. The van der Waals surface area contributed by atoms with Gasteiger partial charge in [0.25, 0.3) is 0 Å². The van der Waals surface area contributed by atoms with Crippen molar-refractivity contribution < 1.29 is 9.90 Å². The Bertz CT molecular complexity index is 440. The van der Waals surface area contributed by atoms with E-state index in [2.05, 4.69) is 24.4 Å². The number of halogens is 1. The third-order valence-corrected chi connectivity index (χ3v) is 4.31. The number of hydrogen-bond donors (Lipinski definition) is 2. The number of nitrogens with one attached hydrogen (secondary N) is 1. The summed E-state index contributed by atoms with van der Waals surface area (Å²) in [5.41, 5.74) is 1.30. The van der Waals surface area contributed by atoms with Gasteiger partial charge in [-0.2, -0.15) is 0 Å². The van der Waals surface area contributed by atoms with Crippen LogP contribution < -0.4 is 5.32 Å². The third kappa shape index (κ3) is 3.97. The fourth-order valence-corrected chi connectivity index (χ4v) is 2.86. The number of rotatable bonds is 7. The molecule has 3 nitrogen and oxygen atoms in total. The minimum atomic E-state index is -0.728. The molecule has 0 amide bonds. The van der Waals surface area contributed by atoms with Gasteiger partial charge in [-0.3, -0.25) is 4.79 Å². The van der Waals surface area contributed by atoms with Gasteiger partial charge in [0.15, 0.2) is 0 Å². The summed E-state index contributed by atoms with van der Waals surface area (Å²) >= 11 is 5.88. The van der Waals surface area contributed by atoms with Crippen LogP contribution in [0.5, 0.6) is 0 Å². The molecule has 1 atom stereocenters. The zero-order chi connectivity index (χ0) is 14.5. The predicted octanol–water partition coefficient (Wildman–Crippen LogP) is 3.82. The van der Waals surface area contributed by atoms with Gasteiger partial charge in [-0.15, -0.1) is 0 Å². The van der Waals surface area contributed by atoms with E-state index in [-0.39, 0.29) is 0 Å². The van der Waals surface area contributed by atoms with Crippen molar-refractivity contribution in [1.82, 2.24) is 5.32 Å². The number of unbranched alkanes of at least 4 members (excludes halogenated alkanes) is 1. The molecule has 0 heterocycles. The van der Waals surface area contributed by atoms with Crippen molar-refractivity contribution in [2.75, 3.05) is 0 Å². The summed E-state index contributed by atoms with van der Waals surface area (Å²) in [6.07, 6.45) is 4.73. The summed E-state index contributed by atoms with van der Waals surface area (Å²) in [4.78, 5) is 11.2. The third-order valence-electron chi connectivity index (χ3n) is 4.06. The molecule has 0 saturated heterocycles. The van der Waals surface area contributed by atoms with Crippen molar-refractivity contribution in [2.24, 2.45) is 0 Å². The molecule has 1 aliphatic carbocycles. The molecular weight excluding hydrogens is 274 g/mol. The van der Waals surface area contributed by atoms with Gasteiger partial charge >= 0.3 is 5.97 Å². The number of benzene rings is 1. The first-order valence-corrected chi connectivity index (χ1v) is 7.72. The van der Waals surface area contributed by atoms with Gasteiger partial charge in [0.1, 0.15) is 6.04 Å². The zero-order valence-corrected chi connectivity index (χ0v) is 12.6. The topological polar surface area (TPSA) is 49.3 Å². The predicted molar refractivity (Wildman–Crippen MR) is 81.3 cm³/mol. The molecule has 0 aromatic heterocycles. The standard InChI is InChI=1S/C16H22ClNO2/c1-2-3-4-15(16(19)20)18-14-9-12(10-14)11-5-7-13(17)8-6-11/h5-8,12,14-15,18H,2-4,9-10H2,1H3,(H,19,20). The second-order valence-electron chi connectivity index (χ2n) is 5.62. The molecule has 1 aromatic carbocycles. The van der Waals surface area contributed by atoms with Gasteiger partial charge in [-0.1, -0.05) is 43.5 Å². The Morgan fingerprint density at radius 3 is 2.60 bits per heavy atom. The Morgan fingerprint density at radius 1 is 1.40 bits per heavy atom. The smallest absolute Gasteiger partial charge is 0.320 e. The van der Waals surface area contributed by atoms with Crippen LogP contribution >= 0.6 is 11.6 Å². The average molecular weight is 296 g/mol. The lowest BCUT2D eigenvalue weighted by atomic mass is 9.75. The summed E-state index contributed by atoms with van der Waals surface area (Å²) < 4.78 is 0. The van der Waals surface area contributed by atoms with Crippen LogP contribution in [0, 0.1) is 0 Å². The molecule has 1 saturated carbocycles. The first-order chi connectivity index (χ1) is 9.60. The summed E-state index contributed by atoms with van der Waals surface area (Å²) in [6.45, 7) is 2.08. The fraction of sp³-hybridized carbons (Fsp3) is 0.562. The Hall–Kier alpha value is -1.06. The van der Waals surface area contributed by atoms with Gasteiger partial charge in [0, 0.05) is 11.1 Å². The van der Waals surface area contributed by atoms with Crippen molar-refractivity contribution in [1.29, 1.82) is 0 Å². The molecule has 0 spiro atoms. The molecule has 4 heteroatoms. The molecule has 2 N–H and O–H groups in total. The number of carboxylic acid groups (broad SMARTS) is 1. The molecule has 1 aliphatic rings. The SMILES string of the molecule is CCCCC(NC1CC(c2ccc(Cl)cc2)C1)C(=O)O. The molecule has 0 aliphatic heterocycles. The van der Waals surface area contributed by atoms with E-state index in [1.807, 2.05) is 12.1 Å². The molecule has 2 rings (SSSR count). The largest absolute Gasteiger partial charge is 0.480 e. The summed E-state index contributed by atoms with van der Waals surface area (Å²) in [5, 5.41) is 13.2. The van der Waals surface area contributed by atoms with Gasteiger partial charge in [-0.05, 0) is 42.9 Å². The summed E-state index contributed by atoms with van der Waals surface area (Å²) in [6, 6.07) is 7.89. The second-order valence-corrected chi connectivity index (χ2v) is 6.05. The van der Waals surface area contributed by atoms with Crippen molar-refractivity contribution in [3.05, 3.63) is 34.9 Å². The van der Waals surface area contributed by atoms with Crippen LogP contribution in [0.3, 0.4) is 0 Å². The number of carboxylic acids is 1. The summed E-state index contributed by atoms with van der Waals surface area (Å²) in [5.74, 6) is -0.196. The highest BCUT2D eigenvalue weighted by molar-refractivity contribution is 6.30. The van der Waals surface area contributed by atoms with E-state index in [1.54, 1.807) is 0 Å². The molecule has 20 heavy (non-hydrogen) atoms. The van der Waals surface area contributed by atoms with Crippen molar-refractivity contribution in [2.45, 2.75) is 57.0 Å². The molecule has 110 valence electrons. The maximum absolute atomic E-state index is 11.2. The van der Waals surface area contributed by atoms with Crippen LogP contribution in [0.25, 0.3) is 0 Å². The van der Waals surface area contributed by atoms with Crippen molar-refractivity contribution >= 4 is 17.6 Å². The van der Waals surface area contributed by atoms with Crippen molar-refractivity contribution in [3.8, 4) is 0 Å². The lowest BCUT2D eigenvalue weighted by Crippen LogP contribution is -2.48.